The molecule has 0 fully saturated rings. The summed E-state index contributed by atoms with van der Waals surface area (Å²) in [7, 11) is -4.21. The molecule has 0 unspecified atom stereocenters. The van der Waals surface area contributed by atoms with Crippen LogP contribution in [0.5, 0.6) is 0 Å². The van der Waals surface area contributed by atoms with Crippen molar-refractivity contribution in [3.05, 3.63) is 28.8 Å². The van der Waals surface area contributed by atoms with Gasteiger partial charge in [0.15, 0.2) is 0 Å². The third kappa shape index (κ3) is 1.77. The fourth-order valence-corrected chi connectivity index (χ4v) is 3.09. The molecule has 1 aromatic carbocycles. The Kier molecular flexibility index (Phi) is 2.59. The average molecular weight is 275 g/mol. The second-order valence-corrected chi connectivity index (χ2v) is 5.28. The van der Waals surface area contributed by atoms with E-state index >= 15 is 0 Å². The lowest BCUT2D eigenvalue weighted by Gasteiger charge is -2.28. The number of para-hydroxylation sites is 1. The van der Waals surface area contributed by atoms with Crippen molar-refractivity contribution in [1.29, 1.82) is 0 Å². The zero-order valence-electron chi connectivity index (χ0n) is 8.60. The highest BCUT2D eigenvalue weighted by molar-refractivity contribution is 7.92. The van der Waals surface area contributed by atoms with E-state index in [4.69, 9.17) is 11.6 Å². The number of nitrogens with zero attached hydrogens (tertiary/aromatic N) is 1. The molecule has 1 heterocycles. The number of carbonyl (C=O) groups excluding carboxylic acids is 2. The molecule has 0 spiro atoms. The number of rotatable bonds is 0. The van der Waals surface area contributed by atoms with E-state index in [2.05, 4.69) is 0 Å². The van der Waals surface area contributed by atoms with Gasteiger partial charge in [-0.25, -0.2) is 4.72 Å². The third-order valence-electron chi connectivity index (χ3n) is 2.18. The lowest BCUT2D eigenvalue weighted by Crippen LogP contribution is -2.50. The summed E-state index contributed by atoms with van der Waals surface area (Å²) in [5.74, 6) is -1.56. The fourth-order valence-electron chi connectivity index (χ4n) is 1.57. The second-order valence-electron chi connectivity index (χ2n) is 3.36. The van der Waals surface area contributed by atoms with Crippen LogP contribution in [0, 0.1) is 0 Å². The van der Waals surface area contributed by atoms with Gasteiger partial charge in [-0.15, -0.1) is 0 Å². The van der Waals surface area contributed by atoms with E-state index in [1.807, 2.05) is 0 Å². The first-order chi connectivity index (χ1) is 7.84. The number of amides is 2. The molecule has 1 aliphatic rings. The minimum atomic E-state index is -4.21. The largest absolute Gasteiger partial charge is 0.333 e. The summed E-state index contributed by atoms with van der Waals surface area (Å²) in [5, 5.41) is 0.0242. The average Bonchev–Trinajstić information content (AvgIpc) is 2.17. The van der Waals surface area contributed by atoms with E-state index in [0.29, 0.717) is 4.31 Å². The molecule has 0 saturated carbocycles. The van der Waals surface area contributed by atoms with Crippen molar-refractivity contribution in [3.8, 4) is 0 Å². The van der Waals surface area contributed by atoms with Crippen LogP contribution in [0.4, 0.5) is 5.69 Å². The maximum absolute atomic E-state index is 11.7. The van der Waals surface area contributed by atoms with Crippen LogP contribution in [0.3, 0.4) is 0 Å². The van der Waals surface area contributed by atoms with Crippen LogP contribution in [0.15, 0.2) is 18.2 Å². The lowest BCUT2D eigenvalue weighted by molar-refractivity contribution is -0.115. The Morgan fingerprint density at radius 3 is 2.65 bits per heavy atom. The first-order valence-electron chi connectivity index (χ1n) is 4.51. The molecule has 1 aromatic rings. The summed E-state index contributed by atoms with van der Waals surface area (Å²) in [6, 6.07) is 4.29. The molecule has 1 N–H and O–H groups in total. The van der Waals surface area contributed by atoms with Gasteiger partial charge in [-0.1, -0.05) is 17.7 Å². The highest BCUT2D eigenvalue weighted by atomic mass is 35.5. The molecular weight excluding hydrogens is 268 g/mol. The molecule has 6 nitrogen and oxygen atoms in total. The van der Waals surface area contributed by atoms with Gasteiger partial charge in [0.05, 0.1) is 16.3 Å². The number of nitrogens with one attached hydrogen (secondary N) is 1. The Balaban J connectivity index is 2.81. The standard InChI is InChI=1S/C9H7ClN2O4S/c1-5(13)12-8-6(3-2-4-7(8)10)9(14)11-17(12,15)16/h2-4H,1H3,(H,11,14). The molecular formula is C9H7ClN2O4S. The Hall–Kier alpha value is -1.60. The van der Waals surface area contributed by atoms with E-state index in [-0.39, 0.29) is 16.3 Å². The van der Waals surface area contributed by atoms with E-state index in [0.717, 1.165) is 6.92 Å². The number of hydrogen-bond donors (Lipinski definition) is 1. The van der Waals surface area contributed by atoms with Gasteiger partial charge in [0, 0.05) is 6.92 Å². The molecule has 1 aliphatic heterocycles. The van der Waals surface area contributed by atoms with Crippen LogP contribution in [0.2, 0.25) is 5.02 Å². The topological polar surface area (TPSA) is 83.6 Å². The maximum Gasteiger partial charge on any atom is 0.333 e. The first kappa shape index (κ1) is 11.9. The van der Waals surface area contributed by atoms with Crippen molar-refractivity contribution in [1.82, 2.24) is 4.72 Å². The Morgan fingerprint density at radius 2 is 2.06 bits per heavy atom. The third-order valence-corrected chi connectivity index (χ3v) is 3.85. The monoisotopic (exact) mass is 274 g/mol. The Morgan fingerprint density at radius 1 is 1.41 bits per heavy atom. The summed E-state index contributed by atoms with van der Waals surface area (Å²) in [5.41, 5.74) is -0.0621. The van der Waals surface area contributed by atoms with Crippen LogP contribution in [0.25, 0.3) is 0 Å². The molecule has 0 atom stereocenters. The predicted octanol–water partition coefficient (Wildman–Crippen LogP) is 0.681. The number of carbonyl (C=O) groups is 2. The zero-order valence-corrected chi connectivity index (χ0v) is 10.2. The number of benzene rings is 1. The van der Waals surface area contributed by atoms with Gasteiger partial charge in [0.2, 0.25) is 5.91 Å². The molecule has 0 saturated heterocycles. The normalized spacial score (nSPS) is 17.3. The summed E-state index contributed by atoms with van der Waals surface area (Å²) < 4.78 is 25.6. The number of anilines is 1. The zero-order chi connectivity index (χ0) is 12.8. The molecule has 0 aromatic heterocycles. The van der Waals surface area contributed by atoms with E-state index in [1.54, 1.807) is 4.72 Å². The molecule has 17 heavy (non-hydrogen) atoms. The second kappa shape index (κ2) is 3.71. The van der Waals surface area contributed by atoms with Gasteiger partial charge >= 0.3 is 10.2 Å². The Bertz CT molecular complexity index is 626. The first-order valence-corrected chi connectivity index (χ1v) is 6.33. The number of fused-ring (bicyclic) bond motifs is 1. The number of halogens is 1. The van der Waals surface area contributed by atoms with E-state index < -0.39 is 22.0 Å². The molecule has 0 radical (unpaired) electrons. The van der Waals surface area contributed by atoms with Crippen LogP contribution in [0.1, 0.15) is 17.3 Å². The van der Waals surface area contributed by atoms with Gasteiger partial charge < -0.3 is 0 Å². The van der Waals surface area contributed by atoms with Crippen molar-refractivity contribution < 1.29 is 18.0 Å². The van der Waals surface area contributed by atoms with Crippen LogP contribution in [-0.4, -0.2) is 20.2 Å². The maximum atomic E-state index is 11.7. The quantitative estimate of drug-likeness (QED) is 0.754. The van der Waals surface area contributed by atoms with Gasteiger partial charge in [-0.05, 0) is 12.1 Å². The van der Waals surface area contributed by atoms with Gasteiger partial charge in [-0.3, -0.25) is 9.59 Å². The molecule has 2 amide bonds. The van der Waals surface area contributed by atoms with Crippen molar-refractivity contribution in [2.24, 2.45) is 0 Å². The van der Waals surface area contributed by atoms with Crippen LogP contribution < -0.4 is 9.03 Å². The van der Waals surface area contributed by atoms with Crippen LogP contribution >= 0.6 is 11.6 Å². The lowest BCUT2D eigenvalue weighted by atomic mass is 10.1. The SMILES string of the molecule is CC(=O)N1c2c(Cl)cccc2C(=O)NS1(=O)=O. The molecule has 8 heteroatoms. The van der Waals surface area contributed by atoms with E-state index in [1.165, 1.54) is 18.2 Å². The molecule has 0 bridgehead atoms. The van der Waals surface area contributed by atoms with Crippen molar-refractivity contribution in [3.63, 3.8) is 0 Å². The smallest absolute Gasteiger partial charge is 0.274 e. The summed E-state index contributed by atoms with van der Waals surface area (Å²) in [6.07, 6.45) is 0. The molecule has 0 aliphatic carbocycles. The highest BCUT2D eigenvalue weighted by Crippen LogP contribution is 2.34. The minimum Gasteiger partial charge on any atom is -0.274 e. The van der Waals surface area contributed by atoms with Crippen molar-refractivity contribution >= 4 is 39.3 Å². The highest BCUT2D eigenvalue weighted by Gasteiger charge is 2.38. The van der Waals surface area contributed by atoms with Gasteiger partial charge in [-0.2, -0.15) is 12.7 Å². The number of hydrogen-bond acceptors (Lipinski definition) is 4. The summed E-state index contributed by atoms with van der Waals surface area (Å²) in [4.78, 5) is 22.9. The molecule has 2 rings (SSSR count). The van der Waals surface area contributed by atoms with Crippen molar-refractivity contribution in [2.45, 2.75) is 6.92 Å². The summed E-state index contributed by atoms with van der Waals surface area (Å²) >= 11 is 5.84. The predicted molar refractivity (Wildman–Crippen MR) is 61.0 cm³/mol. The minimum absolute atomic E-state index is 0.0242. The summed E-state index contributed by atoms with van der Waals surface area (Å²) in [6.45, 7) is 1.07. The Labute approximate surface area is 102 Å². The fraction of sp³-hybridized carbons (Fsp3) is 0.111. The van der Waals surface area contributed by atoms with E-state index in [9.17, 15) is 18.0 Å². The molecule has 90 valence electrons. The van der Waals surface area contributed by atoms with Crippen LogP contribution in [-0.2, 0) is 15.0 Å². The van der Waals surface area contributed by atoms with Gasteiger partial charge in [0.25, 0.3) is 5.91 Å². The van der Waals surface area contributed by atoms with Gasteiger partial charge in [0.1, 0.15) is 0 Å². The van der Waals surface area contributed by atoms with Crippen molar-refractivity contribution in [2.75, 3.05) is 4.31 Å².